The van der Waals surface area contributed by atoms with Crippen molar-refractivity contribution in [1.82, 2.24) is 20.0 Å². The van der Waals surface area contributed by atoms with Crippen LogP contribution in [-0.2, 0) is 47.0 Å². The number of benzene rings is 1. The number of hydrogen-bond acceptors (Lipinski definition) is 15. The fourth-order valence-electron chi connectivity index (χ4n) is 5.46. The Morgan fingerprint density at radius 2 is 1.98 bits per heavy atom. The molecule has 1 aromatic carbocycles. The molecule has 6 N–H and O–H groups in total. The van der Waals surface area contributed by atoms with Gasteiger partial charge in [0.25, 0.3) is 12.0 Å². The highest BCUT2D eigenvalue weighted by atomic mass is 32.3. The summed E-state index contributed by atoms with van der Waals surface area (Å²) in [4.78, 5) is 47.3. The van der Waals surface area contributed by atoms with Gasteiger partial charge in [-0.1, -0.05) is 17.3 Å². The number of carboxylic acids is 1. The van der Waals surface area contributed by atoms with E-state index in [4.69, 9.17) is 21.0 Å². The van der Waals surface area contributed by atoms with Crippen molar-refractivity contribution in [3.8, 4) is 16.9 Å². The number of nitrogen functional groups attached to an aromatic ring is 1. The normalized spacial score (nSPS) is 18.3. The zero-order chi connectivity index (χ0) is 36.2. The van der Waals surface area contributed by atoms with Crippen LogP contribution in [0.3, 0.4) is 0 Å². The van der Waals surface area contributed by atoms with Crippen LogP contribution in [0.25, 0.3) is 11.1 Å². The number of nitrogens with zero attached hydrogens (tertiary/aromatic N) is 5. The third-order valence-electron chi connectivity index (χ3n) is 8.40. The van der Waals surface area contributed by atoms with Gasteiger partial charge in [0.2, 0.25) is 16.6 Å². The van der Waals surface area contributed by atoms with Gasteiger partial charge >= 0.3 is 5.97 Å². The number of carboxylic acid groups (broad SMARTS) is 1. The maximum atomic E-state index is 13.4. The van der Waals surface area contributed by atoms with Gasteiger partial charge in [-0.05, 0) is 44.5 Å². The molecule has 0 spiro atoms. The molecule has 5 rings (SSSR count). The molecule has 0 aliphatic carbocycles. The molecule has 0 saturated carbocycles. The van der Waals surface area contributed by atoms with Crippen molar-refractivity contribution < 1.29 is 51.0 Å². The molecule has 20 heteroatoms. The molecule has 50 heavy (non-hydrogen) atoms. The van der Waals surface area contributed by atoms with Crippen LogP contribution in [-0.4, -0.2) is 94.1 Å². The molecular weight excluding hydrogens is 697 g/mol. The molecule has 0 radical (unpaired) electrons. The van der Waals surface area contributed by atoms with E-state index in [0.717, 1.165) is 55.1 Å². The fourth-order valence-corrected chi connectivity index (χ4v) is 6.46. The first-order chi connectivity index (χ1) is 23.7. The molecule has 270 valence electrons. The first-order valence-corrected chi connectivity index (χ1v) is 17.8. The minimum absolute atomic E-state index is 0.0273. The number of ketones is 1. The number of Topliss-reactive ketones (excluding diaryl/α,β-unsaturated/α-hetero) is 1. The van der Waals surface area contributed by atoms with Crippen LogP contribution < -0.4 is 26.2 Å². The van der Waals surface area contributed by atoms with Crippen LogP contribution in [0, 0.1) is 11.8 Å². The van der Waals surface area contributed by atoms with Crippen molar-refractivity contribution in [2.75, 3.05) is 32.0 Å². The lowest BCUT2D eigenvalue weighted by Gasteiger charge is -2.51. The lowest BCUT2D eigenvalue weighted by atomic mass is 9.74. The number of aryl methyl sites for hydroxylation is 1. The number of ether oxygens (including phenoxy) is 1. The fraction of sp³-hybridized carbons (Fsp3) is 0.467. The summed E-state index contributed by atoms with van der Waals surface area (Å²) in [7, 11) is -5.24. The SMILES string of the molecule is CC1(C)[C@H](CC(=O)/C(=N\O[C@@H](COc2ccc(-c3cn(CCCN)[n+](CC4CNC4)c3)cc2)C(=O)O)c2csc(N)n2)C(=O)N1OS(=O)(=O)[O-]. The van der Waals surface area contributed by atoms with E-state index in [1.807, 2.05) is 12.1 Å². The van der Waals surface area contributed by atoms with Gasteiger partial charge in [-0.15, -0.1) is 16.0 Å². The number of nitrogens with one attached hydrogen (secondary N) is 1. The number of amides is 1. The van der Waals surface area contributed by atoms with E-state index in [1.165, 1.54) is 19.2 Å². The Kier molecular flexibility index (Phi) is 11.2. The van der Waals surface area contributed by atoms with Crippen molar-refractivity contribution in [2.45, 2.75) is 51.4 Å². The lowest BCUT2D eigenvalue weighted by molar-refractivity contribution is -0.781. The number of aromatic nitrogens is 3. The highest BCUT2D eigenvalue weighted by Crippen LogP contribution is 2.40. The molecule has 4 heterocycles. The number of nitrogens with two attached hydrogens (primary N) is 2. The Labute approximate surface area is 291 Å². The number of carbonyl (C=O) groups is 3. The third-order valence-corrected chi connectivity index (χ3v) is 9.41. The van der Waals surface area contributed by atoms with E-state index in [1.54, 1.807) is 12.1 Å². The largest absolute Gasteiger partial charge is 0.724 e. The van der Waals surface area contributed by atoms with Gasteiger partial charge in [-0.25, -0.2) is 18.2 Å². The molecule has 2 saturated heterocycles. The van der Waals surface area contributed by atoms with Crippen molar-refractivity contribution in [3.05, 3.63) is 47.7 Å². The number of hydroxylamine groups is 2. The van der Waals surface area contributed by atoms with Crippen molar-refractivity contribution >= 4 is 50.2 Å². The maximum absolute atomic E-state index is 13.4. The van der Waals surface area contributed by atoms with Gasteiger partial charge in [0.1, 0.15) is 18.1 Å². The van der Waals surface area contributed by atoms with Gasteiger partial charge in [-0.3, -0.25) is 9.59 Å². The minimum atomic E-state index is -5.24. The molecular formula is C30H38N8O10S2. The molecule has 0 unspecified atom stereocenters. The van der Waals surface area contributed by atoms with Crippen LogP contribution in [0.5, 0.6) is 5.75 Å². The lowest BCUT2D eigenvalue weighted by Crippen LogP contribution is -2.68. The zero-order valence-corrected chi connectivity index (χ0v) is 28.9. The van der Waals surface area contributed by atoms with Crippen molar-refractivity contribution in [3.63, 3.8) is 0 Å². The second-order valence-electron chi connectivity index (χ2n) is 12.4. The number of oxime groups is 1. The summed E-state index contributed by atoms with van der Waals surface area (Å²) in [6, 6.07) is 7.11. The average Bonchev–Trinajstić information content (AvgIpc) is 3.66. The van der Waals surface area contributed by atoms with E-state index >= 15 is 0 Å². The molecule has 0 bridgehead atoms. The monoisotopic (exact) mass is 734 g/mol. The van der Waals surface area contributed by atoms with E-state index in [-0.39, 0.29) is 10.8 Å². The number of thiazole rings is 1. The Bertz CT molecular complexity index is 1850. The third kappa shape index (κ3) is 8.63. The highest BCUT2D eigenvalue weighted by Gasteiger charge is 2.57. The summed E-state index contributed by atoms with van der Waals surface area (Å²) >= 11 is 0.985. The number of β-lactam (4-membered cyclic amide) rings is 1. The number of carbonyl (C=O) groups excluding carboxylic acids is 2. The van der Waals surface area contributed by atoms with Crippen LogP contribution in [0.15, 0.2) is 47.2 Å². The first kappa shape index (κ1) is 36.8. The topological polar surface area (TPSA) is 258 Å². The van der Waals surface area contributed by atoms with Crippen LogP contribution in [0.2, 0.25) is 0 Å². The Hall–Kier alpha value is -4.47. The van der Waals surface area contributed by atoms with E-state index in [9.17, 15) is 32.5 Å². The van der Waals surface area contributed by atoms with Gasteiger partial charge in [0.15, 0.2) is 23.2 Å². The van der Waals surface area contributed by atoms with Crippen LogP contribution in [0.1, 0.15) is 32.4 Å². The van der Waals surface area contributed by atoms with Crippen LogP contribution >= 0.6 is 11.3 Å². The van der Waals surface area contributed by atoms with E-state index < -0.39 is 64.4 Å². The standard InChI is InChI=1S/C30H38N8O10S2/c1-30(2)22(27(40)38(30)48-50(43,44)45)10-24(39)26(23-17-49-29(32)34-23)35-47-25(28(41)42)16-46-21-6-4-19(5-7-21)20-14-36(9-3-8-31)37(15-20)13-18-11-33-12-18/h4-7,14-15,17-18,22,25,33H,3,8-13,16,31H2,1-2H3,(H3-,32,34,41,42,43,44,45)/b35-26-/t22-,25+/m1/s1. The molecule has 2 fully saturated rings. The van der Waals surface area contributed by atoms with E-state index in [0.29, 0.717) is 23.3 Å². The summed E-state index contributed by atoms with van der Waals surface area (Å²) in [6.45, 7) is 6.55. The Balaban J connectivity index is 1.25. The second kappa shape index (κ2) is 15.2. The summed E-state index contributed by atoms with van der Waals surface area (Å²) in [5, 5.41) is 18.8. The maximum Gasteiger partial charge on any atom is 0.351 e. The average molecular weight is 735 g/mol. The molecule has 2 aromatic heterocycles. The predicted molar refractivity (Wildman–Crippen MR) is 176 cm³/mol. The van der Waals surface area contributed by atoms with Crippen molar-refractivity contribution in [2.24, 2.45) is 22.7 Å². The summed E-state index contributed by atoms with van der Waals surface area (Å²) < 4.78 is 47.4. The Morgan fingerprint density at radius 3 is 2.54 bits per heavy atom. The van der Waals surface area contributed by atoms with Crippen LogP contribution in [0.4, 0.5) is 5.13 Å². The molecule has 2 aliphatic rings. The molecule has 18 nitrogen and oxygen atoms in total. The van der Waals surface area contributed by atoms with Gasteiger partial charge in [0, 0.05) is 30.8 Å². The molecule has 2 atom stereocenters. The number of rotatable bonds is 18. The van der Waals surface area contributed by atoms with Gasteiger partial charge in [0.05, 0.1) is 29.8 Å². The zero-order valence-electron chi connectivity index (χ0n) is 27.3. The molecule has 1 amide bonds. The first-order valence-electron chi connectivity index (χ1n) is 15.6. The summed E-state index contributed by atoms with van der Waals surface area (Å²) in [5.74, 6) is -3.30. The Morgan fingerprint density at radius 1 is 1.26 bits per heavy atom. The number of hydrogen-bond donors (Lipinski definition) is 4. The predicted octanol–water partition coefficient (Wildman–Crippen LogP) is -0.110. The number of anilines is 1. The van der Waals surface area contributed by atoms with Gasteiger partial charge < -0.3 is 36.0 Å². The highest BCUT2D eigenvalue weighted by molar-refractivity contribution is 7.80. The summed E-state index contributed by atoms with van der Waals surface area (Å²) in [5.41, 5.74) is 11.6. The second-order valence-corrected chi connectivity index (χ2v) is 14.2. The van der Waals surface area contributed by atoms with E-state index in [2.05, 4.69) is 41.5 Å². The molecule has 2 aliphatic heterocycles. The summed E-state index contributed by atoms with van der Waals surface area (Å²) in [6.07, 6.45) is 2.84. The minimum Gasteiger partial charge on any atom is -0.724 e. The van der Waals surface area contributed by atoms with Crippen molar-refractivity contribution in [1.29, 1.82) is 0 Å². The quantitative estimate of drug-likeness (QED) is 0.0332. The number of aliphatic carboxylic acids is 1. The van der Waals surface area contributed by atoms with Gasteiger partial charge in [-0.2, -0.15) is 14.0 Å². The smallest absolute Gasteiger partial charge is 0.351 e. The molecule has 3 aromatic rings.